The zero-order valence-electron chi connectivity index (χ0n) is 11.2. The fourth-order valence-corrected chi connectivity index (χ4v) is 2.79. The van der Waals surface area contributed by atoms with Gasteiger partial charge in [-0.3, -0.25) is 0 Å². The fraction of sp³-hybridized carbons (Fsp3) is 0.500. The molecule has 18 heavy (non-hydrogen) atoms. The van der Waals surface area contributed by atoms with Gasteiger partial charge >= 0.3 is 6.09 Å². The van der Waals surface area contributed by atoms with Crippen molar-refractivity contribution in [2.75, 3.05) is 31.1 Å². The molecule has 1 aliphatic heterocycles. The predicted molar refractivity (Wildman–Crippen MR) is 72.5 cm³/mol. The maximum Gasteiger partial charge on any atom is 0.407 e. The second-order valence-corrected chi connectivity index (χ2v) is 5.00. The van der Waals surface area contributed by atoms with Crippen molar-refractivity contribution in [1.82, 2.24) is 4.90 Å². The lowest BCUT2D eigenvalue weighted by Crippen LogP contribution is -2.48. The number of piperazine rings is 1. The molecule has 1 aliphatic rings. The van der Waals surface area contributed by atoms with Crippen molar-refractivity contribution in [1.29, 1.82) is 0 Å². The molecule has 4 nitrogen and oxygen atoms in total. The molecule has 1 aromatic rings. The third kappa shape index (κ3) is 2.42. The van der Waals surface area contributed by atoms with Crippen LogP contribution < -0.4 is 4.90 Å². The zero-order chi connectivity index (χ0) is 13.3. The van der Waals surface area contributed by atoms with Gasteiger partial charge in [-0.25, -0.2) is 4.79 Å². The number of hydrogen-bond donors (Lipinski definition) is 1. The average molecular weight is 248 g/mol. The van der Waals surface area contributed by atoms with Crippen LogP contribution in [0.25, 0.3) is 0 Å². The van der Waals surface area contributed by atoms with Gasteiger partial charge in [0.05, 0.1) is 0 Å². The van der Waals surface area contributed by atoms with Crippen LogP contribution in [0.2, 0.25) is 0 Å². The van der Waals surface area contributed by atoms with Crippen LogP contribution in [0.5, 0.6) is 0 Å². The van der Waals surface area contributed by atoms with E-state index in [4.69, 9.17) is 5.11 Å². The largest absolute Gasteiger partial charge is 0.465 e. The molecule has 2 rings (SSSR count). The summed E-state index contributed by atoms with van der Waals surface area (Å²) in [5.41, 5.74) is 5.09. The van der Waals surface area contributed by atoms with E-state index in [1.54, 1.807) is 0 Å². The first-order chi connectivity index (χ1) is 8.49. The van der Waals surface area contributed by atoms with Gasteiger partial charge in [-0.15, -0.1) is 0 Å². The molecule has 0 bridgehead atoms. The molecule has 1 N–H and O–H groups in total. The van der Waals surface area contributed by atoms with Crippen LogP contribution in [-0.4, -0.2) is 42.3 Å². The molecule has 0 saturated carbocycles. The smallest absolute Gasteiger partial charge is 0.407 e. The van der Waals surface area contributed by atoms with E-state index in [1.165, 1.54) is 27.3 Å². The van der Waals surface area contributed by atoms with Gasteiger partial charge in [-0.1, -0.05) is 17.7 Å². The second-order valence-electron chi connectivity index (χ2n) is 5.00. The summed E-state index contributed by atoms with van der Waals surface area (Å²) >= 11 is 0. The van der Waals surface area contributed by atoms with E-state index in [1.807, 2.05) is 0 Å². The van der Waals surface area contributed by atoms with Crippen molar-refractivity contribution in [2.45, 2.75) is 20.8 Å². The summed E-state index contributed by atoms with van der Waals surface area (Å²) in [4.78, 5) is 14.7. The average Bonchev–Trinajstić information content (AvgIpc) is 2.28. The summed E-state index contributed by atoms with van der Waals surface area (Å²) in [6.07, 6.45) is -0.813. The first kappa shape index (κ1) is 12.7. The third-order valence-corrected chi connectivity index (χ3v) is 3.50. The molecule has 1 amide bonds. The van der Waals surface area contributed by atoms with Crippen molar-refractivity contribution in [3.05, 3.63) is 28.8 Å². The second kappa shape index (κ2) is 4.88. The van der Waals surface area contributed by atoms with Gasteiger partial charge in [0, 0.05) is 31.9 Å². The van der Waals surface area contributed by atoms with Crippen molar-refractivity contribution in [2.24, 2.45) is 0 Å². The summed E-state index contributed by atoms with van der Waals surface area (Å²) in [6, 6.07) is 4.37. The lowest BCUT2D eigenvalue weighted by atomic mass is 10.0. The Hall–Kier alpha value is -1.71. The van der Waals surface area contributed by atoms with E-state index in [-0.39, 0.29) is 0 Å². The topological polar surface area (TPSA) is 43.8 Å². The van der Waals surface area contributed by atoms with Gasteiger partial charge in [0.25, 0.3) is 0 Å². The highest BCUT2D eigenvalue weighted by atomic mass is 16.4. The Balaban J connectivity index is 2.17. The number of carbonyl (C=O) groups is 1. The highest BCUT2D eigenvalue weighted by Crippen LogP contribution is 2.27. The third-order valence-electron chi connectivity index (χ3n) is 3.50. The highest BCUT2D eigenvalue weighted by molar-refractivity contribution is 5.66. The van der Waals surface area contributed by atoms with Crippen molar-refractivity contribution < 1.29 is 9.90 Å². The van der Waals surface area contributed by atoms with Gasteiger partial charge in [0.1, 0.15) is 0 Å². The minimum Gasteiger partial charge on any atom is -0.465 e. The maximum atomic E-state index is 10.9. The Bertz CT molecular complexity index is 440. The molecule has 0 spiro atoms. The molecule has 1 fully saturated rings. The summed E-state index contributed by atoms with van der Waals surface area (Å²) in [5, 5.41) is 8.95. The van der Waals surface area contributed by atoms with Crippen LogP contribution in [0, 0.1) is 20.8 Å². The Morgan fingerprint density at radius 3 is 2.00 bits per heavy atom. The number of nitrogens with zero attached hydrogens (tertiary/aromatic N) is 2. The number of carboxylic acid groups (broad SMARTS) is 1. The number of rotatable bonds is 1. The molecule has 4 heteroatoms. The van der Waals surface area contributed by atoms with Crippen LogP contribution in [-0.2, 0) is 0 Å². The van der Waals surface area contributed by atoms with Crippen LogP contribution in [0.3, 0.4) is 0 Å². The van der Waals surface area contributed by atoms with Gasteiger partial charge in [0.15, 0.2) is 0 Å². The highest BCUT2D eigenvalue weighted by Gasteiger charge is 2.22. The standard InChI is InChI=1S/C14H20N2O2/c1-10-8-11(2)13(12(3)9-10)15-4-6-16(7-5-15)14(17)18/h8-9H,4-7H2,1-3H3,(H,17,18). The SMILES string of the molecule is Cc1cc(C)c(N2CCN(C(=O)O)CC2)c(C)c1. The Kier molecular flexibility index (Phi) is 3.45. The van der Waals surface area contributed by atoms with E-state index in [0.717, 1.165) is 13.1 Å². The summed E-state index contributed by atoms with van der Waals surface area (Å²) < 4.78 is 0. The van der Waals surface area contributed by atoms with Crippen LogP contribution in [0.15, 0.2) is 12.1 Å². The van der Waals surface area contributed by atoms with Gasteiger partial charge in [0.2, 0.25) is 0 Å². The van der Waals surface area contributed by atoms with Gasteiger partial charge < -0.3 is 14.9 Å². The molecule has 0 unspecified atom stereocenters. The molecule has 98 valence electrons. The lowest BCUT2D eigenvalue weighted by Gasteiger charge is -2.36. The number of amides is 1. The molecule has 0 aromatic heterocycles. The van der Waals surface area contributed by atoms with Crippen LogP contribution in [0.1, 0.15) is 16.7 Å². The minimum atomic E-state index is -0.813. The van der Waals surface area contributed by atoms with E-state index < -0.39 is 6.09 Å². The first-order valence-corrected chi connectivity index (χ1v) is 6.29. The molecular formula is C14H20N2O2. The van der Waals surface area contributed by atoms with E-state index in [2.05, 4.69) is 37.8 Å². The van der Waals surface area contributed by atoms with Gasteiger partial charge in [-0.2, -0.15) is 0 Å². The fourth-order valence-electron chi connectivity index (χ4n) is 2.79. The molecule has 1 saturated heterocycles. The normalized spacial score (nSPS) is 15.9. The maximum absolute atomic E-state index is 10.9. The number of anilines is 1. The Labute approximate surface area is 108 Å². The Morgan fingerprint density at radius 1 is 1.06 bits per heavy atom. The lowest BCUT2D eigenvalue weighted by molar-refractivity contribution is 0.142. The van der Waals surface area contributed by atoms with Crippen LogP contribution in [0.4, 0.5) is 10.5 Å². The zero-order valence-corrected chi connectivity index (χ0v) is 11.2. The first-order valence-electron chi connectivity index (χ1n) is 6.29. The molecule has 1 aromatic carbocycles. The van der Waals surface area contributed by atoms with Crippen molar-refractivity contribution >= 4 is 11.8 Å². The van der Waals surface area contributed by atoms with Gasteiger partial charge in [-0.05, 0) is 31.9 Å². The van der Waals surface area contributed by atoms with Crippen molar-refractivity contribution in [3.8, 4) is 0 Å². The summed E-state index contributed by atoms with van der Waals surface area (Å²) in [7, 11) is 0. The predicted octanol–water partition coefficient (Wildman–Crippen LogP) is 2.41. The monoisotopic (exact) mass is 248 g/mol. The molecule has 1 heterocycles. The van der Waals surface area contributed by atoms with Crippen LogP contribution >= 0.6 is 0 Å². The minimum absolute atomic E-state index is 0.585. The van der Waals surface area contributed by atoms with E-state index in [0.29, 0.717) is 13.1 Å². The number of hydrogen-bond acceptors (Lipinski definition) is 2. The quantitative estimate of drug-likeness (QED) is 0.830. The molecule has 0 atom stereocenters. The molecule has 0 radical (unpaired) electrons. The number of aryl methyl sites for hydroxylation is 3. The summed E-state index contributed by atoms with van der Waals surface area (Å²) in [5.74, 6) is 0. The molecular weight excluding hydrogens is 228 g/mol. The Morgan fingerprint density at radius 2 is 1.56 bits per heavy atom. The number of benzene rings is 1. The molecule has 0 aliphatic carbocycles. The van der Waals surface area contributed by atoms with E-state index >= 15 is 0 Å². The van der Waals surface area contributed by atoms with Crippen molar-refractivity contribution in [3.63, 3.8) is 0 Å². The summed E-state index contributed by atoms with van der Waals surface area (Å²) in [6.45, 7) is 9.07. The van der Waals surface area contributed by atoms with E-state index in [9.17, 15) is 4.79 Å².